The highest BCUT2D eigenvalue weighted by molar-refractivity contribution is 5.98. The molecule has 0 bridgehead atoms. The van der Waals surface area contributed by atoms with E-state index in [1.165, 1.54) is 6.92 Å². The van der Waals surface area contributed by atoms with Gasteiger partial charge in [0.2, 0.25) is 47.3 Å². The van der Waals surface area contributed by atoms with Gasteiger partial charge in [0.15, 0.2) is 0 Å². The zero-order chi connectivity index (χ0) is 41.7. The van der Waals surface area contributed by atoms with Gasteiger partial charge in [0, 0.05) is 6.42 Å². The van der Waals surface area contributed by atoms with Crippen LogP contribution < -0.4 is 54.8 Å². The molecule has 0 aliphatic heterocycles. The minimum Gasteiger partial charge on any atom is -0.480 e. The van der Waals surface area contributed by atoms with Crippen LogP contribution in [0.1, 0.15) is 86.0 Å². The number of aliphatic hydroxyl groups excluding tert-OH is 1. The summed E-state index contributed by atoms with van der Waals surface area (Å²) in [5, 5.41) is 33.5. The Bertz CT molecular complexity index is 1320. The number of carbonyl (C=O) groups excluding carboxylic acids is 8. The third-order valence-electron chi connectivity index (χ3n) is 8.79. The normalized spacial score (nSPS) is 16.0. The smallest absolute Gasteiger partial charge is 0.326 e. The molecule has 9 atom stereocenters. The Morgan fingerprint density at radius 3 is 1.59 bits per heavy atom. The second kappa shape index (κ2) is 25.2. The van der Waals surface area contributed by atoms with Gasteiger partial charge in [-0.1, -0.05) is 47.0 Å². The predicted molar refractivity (Wildman–Crippen MR) is 194 cm³/mol. The van der Waals surface area contributed by atoms with Crippen molar-refractivity contribution in [2.75, 3.05) is 13.2 Å². The molecule has 21 heteroatoms. The van der Waals surface area contributed by atoms with Crippen LogP contribution >= 0.6 is 0 Å². The van der Waals surface area contributed by atoms with Crippen LogP contribution in [-0.2, 0) is 43.2 Å². The minimum absolute atomic E-state index is 0.296. The Balaban J connectivity index is 6.07. The molecule has 0 aromatic heterocycles. The number of rotatable bonds is 27. The van der Waals surface area contributed by atoms with Gasteiger partial charge < -0.3 is 65.0 Å². The lowest BCUT2D eigenvalue weighted by Gasteiger charge is -2.29. The standard InChI is InChI=1S/C33H60N10O11/c1-6-16(3)25(32(52)41-22(15-44)31(51)43-26(33(53)54)17(4)7-2)42-30(50)21(14-24(37)46)40-29(49)20(11-12-23(36)45)39-27(47)18(5)38-28(48)19(35)10-8-9-13-34/h16-22,25-26,44H,6-15,34-35H2,1-5H3,(H2,36,45)(H2,37,46)(H,38,48)(H,39,47)(H,40,49)(H,41,52)(H,42,50)(H,43,51)(H,53,54)/t16-,17-,18-,19-,20-,21-,22-,25-,26-/m0/s1. The number of aliphatic hydroxyl groups is 1. The second-order valence-corrected chi connectivity index (χ2v) is 13.2. The maximum atomic E-state index is 13.5. The molecular formula is C33H60N10O11. The number of carboxylic acids is 1. The SMILES string of the molecule is CC[C@H](C)[C@H](NC(=O)[C@H](CO)NC(=O)[C@@H](NC(=O)[C@H](CC(N)=O)NC(=O)[C@H](CCC(N)=O)NC(=O)[C@H](C)NC(=O)[C@@H](N)CCCCN)[C@@H](C)CC)C(=O)O. The lowest BCUT2D eigenvalue weighted by Crippen LogP contribution is -2.61. The van der Waals surface area contributed by atoms with Crippen molar-refractivity contribution in [3.63, 3.8) is 0 Å². The molecular weight excluding hydrogens is 712 g/mol. The Kier molecular flexibility index (Phi) is 22.9. The summed E-state index contributed by atoms with van der Waals surface area (Å²) in [5.41, 5.74) is 21.9. The van der Waals surface area contributed by atoms with Crippen LogP contribution in [0.2, 0.25) is 0 Å². The molecule has 0 aromatic rings. The number of aliphatic carboxylic acids is 1. The molecule has 0 unspecified atom stereocenters. The van der Waals surface area contributed by atoms with Crippen molar-refractivity contribution in [3.8, 4) is 0 Å². The zero-order valence-electron chi connectivity index (χ0n) is 31.6. The van der Waals surface area contributed by atoms with Crippen LogP contribution in [-0.4, -0.2) is 119 Å². The fraction of sp³-hybridized carbons (Fsp3) is 0.727. The third-order valence-corrected chi connectivity index (χ3v) is 8.79. The first-order chi connectivity index (χ1) is 25.2. The zero-order valence-corrected chi connectivity index (χ0v) is 31.6. The first kappa shape index (κ1) is 49.1. The summed E-state index contributed by atoms with van der Waals surface area (Å²) in [6, 6.07) is -9.68. The van der Waals surface area contributed by atoms with E-state index in [2.05, 4.69) is 31.9 Å². The second-order valence-electron chi connectivity index (χ2n) is 13.2. The Morgan fingerprint density at radius 2 is 1.09 bits per heavy atom. The predicted octanol–water partition coefficient (Wildman–Crippen LogP) is -4.32. The first-order valence-electron chi connectivity index (χ1n) is 17.9. The van der Waals surface area contributed by atoms with E-state index in [0.717, 1.165) is 0 Å². The van der Waals surface area contributed by atoms with Crippen LogP contribution in [0.4, 0.5) is 0 Å². The molecule has 54 heavy (non-hydrogen) atoms. The van der Waals surface area contributed by atoms with Crippen LogP contribution in [0.5, 0.6) is 0 Å². The summed E-state index contributed by atoms with van der Waals surface area (Å²) in [4.78, 5) is 114. The maximum Gasteiger partial charge on any atom is 0.326 e. The number of primary amides is 2. The highest BCUT2D eigenvalue weighted by Gasteiger charge is 2.35. The van der Waals surface area contributed by atoms with E-state index in [-0.39, 0.29) is 6.42 Å². The summed E-state index contributed by atoms with van der Waals surface area (Å²) < 4.78 is 0. The average molecular weight is 773 g/mol. The molecule has 0 rings (SSSR count). The topological polar surface area (TPSA) is 370 Å². The van der Waals surface area contributed by atoms with Crippen LogP contribution in [0.3, 0.4) is 0 Å². The summed E-state index contributed by atoms with van der Waals surface area (Å²) in [7, 11) is 0. The van der Waals surface area contributed by atoms with Gasteiger partial charge in [-0.25, -0.2) is 4.79 Å². The molecule has 308 valence electrons. The van der Waals surface area contributed by atoms with Crippen molar-refractivity contribution in [1.82, 2.24) is 31.9 Å². The van der Waals surface area contributed by atoms with E-state index < -0.39 is 127 Å². The lowest BCUT2D eigenvalue weighted by molar-refractivity contribution is -0.144. The fourth-order valence-corrected chi connectivity index (χ4v) is 4.91. The van der Waals surface area contributed by atoms with Gasteiger partial charge in [0.25, 0.3) is 0 Å². The number of carboxylic acid groups (broad SMARTS) is 1. The molecule has 0 aromatic carbocycles. The van der Waals surface area contributed by atoms with E-state index in [0.29, 0.717) is 38.6 Å². The average Bonchev–Trinajstić information content (AvgIpc) is 3.11. The molecule has 0 heterocycles. The number of hydrogen-bond acceptors (Lipinski definition) is 12. The van der Waals surface area contributed by atoms with E-state index in [1.54, 1.807) is 27.7 Å². The lowest BCUT2D eigenvalue weighted by atomic mass is 9.97. The summed E-state index contributed by atoms with van der Waals surface area (Å²) in [6.07, 6.45) is 0.726. The molecule has 0 spiro atoms. The quantitative estimate of drug-likeness (QED) is 0.0352. The maximum absolute atomic E-state index is 13.5. The Labute approximate surface area is 314 Å². The number of unbranched alkanes of at least 4 members (excludes halogenated alkanes) is 1. The summed E-state index contributed by atoms with van der Waals surface area (Å²) in [6.45, 7) is 7.40. The van der Waals surface area contributed by atoms with E-state index in [4.69, 9.17) is 22.9 Å². The molecule has 0 fully saturated rings. The molecule has 0 saturated carbocycles. The van der Waals surface area contributed by atoms with E-state index >= 15 is 0 Å². The van der Waals surface area contributed by atoms with Gasteiger partial charge in [-0.2, -0.15) is 0 Å². The number of carbonyl (C=O) groups is 9. The van der Waals surface area contributed by atoms with Crippen LogP contribution in [0.25, 0.3) is 0 Å². The molecule has 16 N–H and O–H groups in total. The largest absolute Gasteiger partial charge is 0.480 e. The Hall–Kier alpha value is -4.89. The van der Waals surface area contributed by atoms with Crippen molar-refractivity contribution in [2.45, 2.75) is 128 Å². The molecule has 0 radical (unpaired) electrons. The van der Waals surface area contributed by atoms with E-state index in [1.807, 2.05) is 0 Å². The number of nitrogens with one attached hydrogen (secondary N) is 6. The van der Waals surface area contributed by atoms with Crippen molar-refractivity contribution in [3.05, 3.63) is 0 Å². The van der Waals surface area contributed by atoms with Crippen molar-refractivity contribution in [1.29, 1.82) is 0 Å². The highest BCUT2D eigenvalue weighted by atomic mass is 16.4. The van der Waals surface area contributed by atoms with Gasteiger partial charge in [-0.3, -0.25) is 38.4 Å². The molecule has 0 saturated heterocycles. The molecule has 21 nitrogen and oxygen atoms in total. The Morgan fingerprint density at radius 1 is 0.593 bits per heavy atom. The molecule has 0 aliphatic carbocycles. The van der Waals surface area contributed by atoms with E-state index in [9.17, 15) is 53.4 Å². The first-order valence-corrected chi connectivity index (χ1v) is 17.9. The third kappa shape index (κ3) is 17.8. The van der Waals surface area contributed by atoms with Gasteiger partial charge >= 0.3 is 5.97 Å². The number of nitrogens with two attached hydrogens (primary N) is 4. The fourth-order valence-electron chi connectivity index (χ4n) is 4.91. The highest BCUT2D eigenvalue weighted by Crippen LogP contribution is 2.11. The van der Waals surface area contributed by atoms with Crippen LogP contribution in [0.15, 0.2) is 0 Å². The molecule has 0 aliphatic rings. The van der Waals surface area contributed by atoms with Gasteiger partial charge in [-0.05, 0) is 44.6 Å². The van der Waals surface area contributed by atoms with Gasteiger partial charge in [0.1, 0.15) is 36.3 Å². The minimum atomic E-state index is -1.71. The monoisotopic (exact) mass is 772 g/mol. The number of amides is 8. The molecule has 8 amide bonds. The van der Waals surface area contributed by atoms with Crippen molar-refractivity contribution < 1.29 is 53.4 Å². The van der Waals surface area contributed by atoms with Gasteiger partial charge in [-0.15, -0.1) is 0 Å². The van der Waals surface area contributed by atoms with Crippen molar-refractivity contribution in [2.24, 2.45) is 34.8 Å². The van der Waals surface area contributed by atoms with Crippen LogP contribution in [0, 0.1) is 11.8 Å². The summed E-state index contributed by atoms with van der Waals surface area (Å²) >= 11 is 0. The van der Waals surface area contributed by atoms with Crippen molar-refractivity contribution >= 4 is 53.2 Å². The van der Waals surface area contributed by atoms with Gasteiger partial charge in [0.05, 0.1) is 19.1 Å². The summed E-state index contributed by atoms with van der Waals surface area (Å²) in [5.74, 6) is -9.83. The number of hydrogen-bond donors (Lipinski definition) is 12.